The number of benzene rings is 1. The lowest BCUT2D eigenvalue weighted by molar-refractivity contribution is 0.0529. The molecule has 5 heteroatoms. The van der Waals surface area contributed by atoms with Gasteiger partial charge in [-0.2, -0.15) is 0 Å². The van der Waals surface area contributed by atoms with Crippen LogP contribution in [0.2, 0.25) is 0 Å². The molecule has 0 saturated carbocycles. The van der Waals surface area contributed by atoms with E-state index in [1.165, 1.54) is 11.3 Å². The molecule has 2 rings (SSSR count). The Morgan fingerprint density at radius 3 is 2.36 bits per heavy atom. The number of esters is 1. The van der Waals surface area contributed by atoms with Gasteiger partial charge in [0, 0.05) is 22.5 Å². The van der Waals surface area contributed by atoms with E-state index in [0.29, 0.717) is 17.2 Å². The fourth-order valence-corrected chi connectivity index (χ4v) is 4.02. The molecule has 2 N–H and O–H groups in total. The maximum atomic E-state index is 12.5. The van der Waals surface area contributed by atoms with Crippen LogP contribution in [0.5, 0.6) is 0 Å². The number of carbonyl (C=O) groups is 1. The second-order valence-electron chi connectivity index (χ2n) is 6.91. The molecule has 1 aromatic heterocycles. The molecule has 0 amide bonds. The van der Waals surface area contributed by atoms with E-state index >= 15 is 0 Å². The first kappa shape index (κ1) is 19.5. The third-order valence-electron chi connectivity index (χ3n) is 4.22. The quantitative estimate of drug-likeness (QED) is 0.752. The second-order valence-corrected chi connectivity index (χ2v) is 8.05. The predicted octanol–water partition coefficient (Wildman–Crippen LogP) is 4.79. The highest BCUT2D eigenvalue weighted by molar-refractivity contribution is 7.17. The van der Waals surface area contributed by atoms with Gasteiger partial charge in [0.05, 0.1) is 6.61 Å². The lowest BCUT2D eigenvalue weighted by Gasteiger charge is -2.34. The van der Waals surface area contributed by atoms with Crippen LogP contribution in [0.3, 0.4) is 0 Å². The summed E-state index contributed by atoms with van der Waals surface area (Å²) in [5, 5.41) is 0.525. The van der Waals surface area contributed by atoms with Gasteiger partial charge in [0.1, 0.15) is 10.6 Å². The topological polar surface area (TPSA) is 55.6 Å². The molecule has 0 aliphatic rings. The number of carbonyl (C=O) groups excluding carboxylic acids is 1. The van der Waals surface area contributed by atoms with Crippen molar-refractivity contribution in [2.45, 2.75) is 46.7 Å². The van der Waals surface area contributed by atoms with E-state index in [1.54, 1.807) is 0 Å². The Bertz CT molecular complexity index is 717. The van der Waals surface area contributed by atoms with Gasteiger partial charge in [-0.15, -0.1) is 11.3 Å². The molecule has 1 aromatic carbocycles. The van der Waals surface area contributed by atoms with Crippen molar-refractivity contribution in [2.24, 2.45) is 0 Å². The maximum absolute atomic E-state index is 12.5. The smallest absolute Gasteiger partial charge is 0.341 e. The van der Waals surface area contributed by atoms with Gasteiger partial charge in [0.15, 0.2) is 0 Å². The summed E-state index contributed by atoms with van der Waals surface area (Å²) in [6, 6.07) is 9.95. The SMILES string of the molecule is CCOC(=O)c1c(N)sc(CN(CC)C(C)(C)C)c1-c1ccccc1. The highest BCUT2D eigenvalue weighted by Crippen LogP contribution is 2.40. The van der Waals surface area contributed by atoms with E-state index in [0.717, 1.165) is 29.1 Å². The highest BCUT2D eigenvalue weighted by atomic mass is 32.1. The van der Waals surface area contributed by atoms with Gasteiger partial charge in [-0.1, -0.05) is 37.3 Å². The van der Waals surface area contributed by atoms with Crippen LogP contribution in [-0.4, -0.2) is 29.6 Å². The van der Waals surface area contributed by atoms with Crippen LogP contribution < -0.4 is 5.73 Å². The number of hydrogen-bond donors (Lipinski definition) is 1. The number of nitrogens with two attached hydrogens (primary N) is 1. The number of nitrogen functional groups attached to an aromatic ring is 1. The van der Waals surface area contributed by atoms with E-state index in [4.69, 9.17) is 10.5 Å². The molecule has 0 aliphatic heterocycles. The minimum absolute atomic E-state index is 0.0333. The molecule has 1 heterocycles. The van der Waals surface area contributed by atoms with Crippen molar-refractivity contribution >= 4 is 22.3 Å². The number of hydrogen-bond acceptors (Lipinski definition) is 5. The molecule has 0 radical (unpaired) electrons. The van der Waals surface area contributed by atoms with E-state index in [2.05, 4.69) is 32.6 Å². The van der Waals surface area contributed by atoms with Crippen molar-refractivity contribution in [3.63, 3.8) is 0 Å². The van der Waals surface area contributed by atoms with Crippen LogP contribution in [0.4, 0.5) is 5.00 Å². The zero-order chi connectivity index (χ0) is 18.6. The van der Waals surface area contributed by atoms with Gasteiger partial charge in [-0.25, -0.2) is 4.79 Å². The molecule has 0 aliphatic carbocycles. The average molecular weight is 361 g/mol. The summed E-state index contributed by atoms with van der Waals surface area (Å²) in [4.78, 5) is 16.0. The second kappa shape index (κ2) is 8.02. The minimum Gasteiger partial charge on any atom is -0.462 e. The van der Waals surface area contributed by atoms with Crippen LogP contribution >= 0.6 is 11.3 Å². The molecule has 0 unspecified atom stereocenters. The van der Waals surface area contributed by atoms with Crippen molar-refractivity contribution < 1.29 is 9.53 Å². The van der Waals surface area contributed by atoms with Gasteiger partial charge in [0.25, 0.3) is 0 Å². The summed E-state index contributed by atoms with van der Waals surface area (Å²) >= 11 is 1.49. The lowest BCUT2D eigenvalue weighted by atomic mass is 9.99. The number of thiophene rings is 1. The third kappa shape index (κ3) is 4.41. The summed E-state index contributed by atoms with van der Waals surface area (Å²) < 4.78 is 5.26. The highest BCUT2D eigenvalue weighted by Gasteiger charge is 2.27. The first-order chi connectivity index (χ1) is 11.8. The number of rotatable bonds is 6. The first-order valence-electron chi connectivity index (χ1n) is 8.68. The molecule has 4 nitrogen and oxygen atoms in total. The fourth-order valence-electron chi connectivity index (χ4n) is 2.92. The van der Waals surface area contributed by atoms with Gasteiger partial charge in [0.2, 0.25) is 0 Å². The molecule has 25 heavy (non-hydrogen) atoms. The van der Waals surface area contributed by atoms with Crippen LogP contribution in [0.25, 0.3) is 11.1 Å². The number of nitrogens with zero attached hydrogens (tertiary/aromatic N) is 1. The van der Waals surface area contributed by atoms with Gasteiger partial charge < -0.3 is 10.5 Å². The number of ether oxygens (including phenoxy) is 1. The maximum Gasteiger partial charge on any atom is 0.341 e. The van der Waals surface area contributed by atoms with E-state index in [9.17, 15) is 4.79 Å². The minimum atomic E-state index is -0.347. The monoisotopic (exact) mass is 360 g/mol. The average Bonchev–Trinajstić information content (AvgIpc) is 2.88. The van der Waals surface area contributed by atoms with Gasteiger partial charge in [-0.3, -0.25) is 4.90 Å². The van der Waals surface area contributed by atoms with E-state index in [-0.39, 0.29) is 11.5 Å². The van der Waals surface area contributed by atoms with E-state index < -0.39 is 0 Å². The number of anilines is 1. The Balaban J connectivity index is 2.57. The Labute approximate surface area is 154 Å². The summed E-state index contributed by atoms with van der Waals surface area (Å²) in [6.45, 7) is 12.5. The van der Waals surface area contributed by atoms with Crippen LogP contribution in [0, 0.1) is 0 Å². The van der Waals surface area contributed by atoms with Crippen molar-refractivity contribution in [1.29, 1.82) is 0 Å². The normalized spacial score (nSPS) is 11.8. The molecule has 2 aromatic rings. The summed E-state index contributed by atoms with van der Waals surface area (Å²) in [5.74, 6) is -0.347. The molecule has 0 bridgehead atoms. The standard InChI is InChI=1S/C20H28N2O2S/c1-6-22(20(3,4)5)13-15-16(14-11-9-8-10-12-14)17(18(21)25-15)19(23)24-7-2/h8-12H,6-7,13,21H2,1-5H3. The largest absolute Gasteiger partial charge is 0.462 e. The molecule has 136 valence electrons. The fraction of sp³-hybridized carbons (Fsp3) is 0.450. The van der Waals surface area contributed by atoms with Crippen molar-refractivity contribution in [2.75, 3.05) is 18.9 Å². The summed E-state index contributed by atoms with van der Waals surface area (Å²) in [5.41, 5.74) is 8.67. The van der Waals surface area contributed by atoms with Crippen molar-refractivity contribution in [1.82, 2.24) is 4.90 Å². The molecule has 0 spiro atoms. The Kier molecular flexibility index (Phi) is 6.25. The van der Waals surface area contributed by atoms with Crippen LogP contribution in [-0.2, 0) is 11.3 Å². The zero-order valence-corrected chi connectivity index (χ0v) is 16.6. The Morgan fingerprint density at radius 2 is 1.84 bits per heavy atom. The van der Waals surface area contributed by atoms with Gasteiger partial charge >= 0.3 is 5.97 Å². The predicted molar refractivity (Wildman–Crippen MR) is 106 cm³/mol. The van der Waals surface area contributed by atoms with Gasteiger partial charge in [-0.05, 0) is 39.8 Å². The molecule has 0 fully saturated rings. The lowest BCUT2D eigenvalue weighted by Crippen LogP contribution is -2.40. The molecule has 0 saturated heterocycles. The Morgan fingerprint density at radius 1 is 1.20 bits per heavy atom. The first-order valence-corrected chi connectivity index (χ1v) is 9.49. The third-order valence-corrected chi connectivity index (χ3v) is 5.22. The van der Waals surface area contributed by atoms with Crippen molar-refractivity contribution in [3.05, 3.63) is 40.8 Å². The van der Waals surface area contributed by atoms with Crippen molar-refractivity contribution in [3.8, 4) is 11.1 Å². The molecule has 0 atom stereocenters. The summed E-state index contributed by atoms with van der Waals surface area (Å²) in [7, 11) is 0. The molecular formula is C20H28N2O2S. The Hall–Kier alpha value is -1.85. The van der Waals surface area contributed by atoms with Crippen LogP contribution in [0.1, 0.15) is 49.9 Å². The summed E-state index contributed by atoms with van der Waals surface area (Å²) in [6.07, 6.45) is 0. The van der Waals surface area contributed by atoms with Crippen LogP contribution in [0.15, 0.2) is 30.3 Å². The van der Waals surface area contributed by atoms with E-state index in [1.807, 2.05) is 37.3 Å². The zero-order valence-electron chi connectivity index (χ0n) is 15.8. The molecular weight excluding hydrogens is 332 g/mol.